The largest absolute Gasteiger partial charge is 0.363 e. The van der Waals surface area contributed by atoms with Gasteiger partial charge < -0.3 is 10.2 Å². The van der Waals surface area contributed by atoms with Gasteiger partial charge in [0.05, 0.1) is 0 Å². The molecule has 1 rings (SSSR count). The fourth-order valence-corrected chi connectivity index (χ4v) is 2.75. The molecule has 0 aromatic heterocycles. The Morgan fingerprint density at radius 2 is 2.46 bits per heavy atom. The van der Waals surface area contributed by atoms with E-state index in [0.29, 0.717) is 6.04 Å². The lowest BCUT2D eigenvalue weighted by molar-refractivity contribution is 0.359. The third kappa shape index (κ3) is 3.35. The summed E-state index contributed by atoms with van der Waals surface area (Å²) < 4.78 is 0. The van der Waals surface area contributed by atoms with Crippen molar-refractivity contribution in [2.24, 2.45) is 0 Å². The van der Waals surface area contributed by atoms with Crippen molar-refractivity contribution in [2.45, 2.75) is 26.3 Å². The van der Waals surface area contributed by atoms with Gasteiger partial charge in [0, 0.05) is 30.6 Å². The van der Waals surface area contributed by atoms with Crippen LogP contribution in [0.25, 0.3) is 0 Å². The van der Waals surface area contributed by atoms with Crippen LogP contribution in [0.2, 0.25) is 0 Å². The van der Waals surface area contributed by atoms with Gasteiger partial charge in [-0.1, -0.05) is 6.92 Å². The van der Waals surface area contributed by atoms with Gasteiger partial charge in [-0.15, -0.1) is 0 Å². The van der Waals surface area contributed by atoms with E-state index in [1.807, 2.05) is 11.8 Å². The quantitative estimate of drug-likeness (QED) is 0.709. The summed E-state index contributed by atoms with van der Waals surface area (Å²) in [6, 6.07) is 0.593. The molecule has 1 N–H and O–H groups in total. The second kappa shape index (κ2) is 5.70. The predicted molar refractivity (Wildman–Crippen MR) is 64.4 cm³/mol. The van der Waals surface area contributed by atoms with Crippen LogP contribution in [0.4, 0.5) is 0 Å². The number of hydrogen-bond acceptors (Lipinski definition) is 2. The standard InChI is InChI=1S/C9H18N2S2/c1-3-4-10-9(12)11-5-6-13-7-8(11)2/h8H,3-7H2,1-2H3,(H,10,12). The van der Waals surface area contributed by atoms with Crippen molar-refractivity contribution in [1.82, 2.24) is 10.2 Å². The molecule has 1 atom stereocenters. The van der Waals surface area contributed by atoms with Crippen molar-refractivity contribution in [3.63, 3.8) is 0 Å². The molecule has 4 heteroatoms. The Balaban J connectivity index is 2.35. The summed E-state index contributed by atoms with van der Waals surface area (Å²) in [6.07, 6.45) is 1.14. The number of thiocarbonyl (C=S) groups is 1. The third-order valence-corrected chi connectivity index (χ3v) is 3.72. The van der Waals surface area contributed by atoms with E-state index in [1.54, 1.807) is 0 Å². The van der Waals surface area contributed by atoms with Crippen molar-refractivity contribution in [3.05, 3.63) is 0 Å². The lowest BCUT2D eigenvalue weighted by atomic mass is 10.3. The molecule has 0 spiro atoms. The fourth-order valence-electron chi connectivity index (χ4n) is 1.36. The van der Waals surface area contributed by atoms with Gasteiger partial charge >= 0.3 is 0 Å². The van der Waals surface area contributed by atoms with Crippen LogP contribution in [-0.4, -0.2) is 40.6 Å². The summed E-state index contributed by atoms with van der Waals surface area (Å²) in [5, 5.41) is 4.22. The minimum Gasteiger partial charge on any atom is -0.363 e. The van der Waals surface area contributed by atoms with E-state index in [1.165, 1.54) is 11.5 Å². The maximum atomic E-state index is 5.32. The van der Waals surface area contributed by atoms with E-state index in [0.717, 1.165) is 24.6 Å². The highest BCUT2D eigenvalue weighted by Gasteiger charge is 2.20. The Morgan fingerprint density at radius 3 is 3.08 bits per heavy atom. The first-order chi connectivity index (χ1) is 6.25. The fraction of sp³-hybridized carbons (Fsp3) is 0.889. The molecule has 1 unspecified atom stereocenters. The normalized spacial score (nSPS) is 22.9. The SMILES string of the molecule is CCCNC(=S)N1CCSCC1C. The minimum absolute atomic E-state index is 0.593. The smallest absolute Gasteiger partial charge is 0.169 e. The van der Waals surface area contributed by atoms with Crippen molar-refractivity contribution >= 4 is 29.1 Å². The van der Waals surface area contributed by atoms with Gasteiger partial charge in [-0.25, -0.2) is 0 Å². The van der Waals surface area contributed by atoms with Crippen LogP contribution in [-0.2, 0) is 0 Å². The van der Waals surface area contributed by atoms with E-state index in [-0.39, 0.29) is 0 Å². The van der Waals surface area contributed by atoms with Crippen molar-refractivity contribution in [1.29, 1.82) is 0 Å². The maximum Gasteiger partial charge on any atom is 0.169 e. The molecule has 2 nitrogen and oxygen atoms in total. The summed E-state index contributed by atoms with van der Waals surface area (Å²) in [4.78, 5) is 2.31. The molecule has 0 aliphatic carbocycles. The average molecular weight is 218 g/mol. The first kappa shape index (κ1) is 11.1. The molecule has 1 heterocycles. The molecule has 0 amide bonds. The third-order valence-electron chi connectivity index (χ3n) is 2.15. The average Bonchev–Trinajstić information content (AvgIpc) is 2.15. The number of nitrogens with zero attached hydrogens (tertiary/aromatic N) is 1. The molecule has 1 fully saturated rings. The van der Waals surface area contributed by atoms with E-state index in [9.17, 15) is 0 Å². The number of rotatable bonds is 2. The second-order valence-electron chi connectivity index (χ2n) is 3.35. The lowest BCUT2D eigenvalue weighted by Crippen LogP contribution is -2.49. The highest BCUT2D eigenvalue weighted by atomic mass is 32.2. The van der Waals surface area contributed by atoms with Gasteiger partial charge in [-0.2, -0.15) is 11.8 Å². The van der Waals surface area contributed by atoms with E-state index in [4.69, 9.17) is 12.2 Å². The van der Waals surface area contributed by atoms with E-state index >= 15 is 0 Å². The highest BCUT2D eigenvalue weighted by molar-refractivity contribution is 7.99. The molecule has 0 aromatic rings. The minimum atomic E-state index is 0.593. The first-order valence-corrected chi connectivity index (χ1v) is 6.44. The number of hydrogen-bond donors (Lipinski definition) is 1. The molecule has 13 heavy (non-hydrogen) atoms. The van der Waals surface area contributed by atoms with E-state index < -0.39 is 0 Å². The topological polar surface area (TPSA) is 15.3 Å². The highest BCUT2D eigenvalue weighted by Crippen LogP contribution is 2.15. The van der Waals surface area contributed by atoms with Gasteiger partial charge in [-0.3, -0.25) is 0 Å². The van der Waals surface area contributed by atoms with Gasteiger partial charge in [-0.05, 0) is 25.6 Å². The zero-order valence-corrected chi connectivity index (χ0v) is 10.0. The van der Waals surface area contributed by atoms with Crippen LogP contribution in [0, 0.1) is 0 Å². The lowest BCUT2D eigenvalue weighted by Gasteiger charge is -2.35. The van der Waals surface area contributed by atoms with Crippen LogP contribution < -0.4 is 5.32 Å². The summed E-state index contributed by atoms with van der Waals surface area (Å²) in [5.74, 6) is 2.41. The van der Waals surface area contributed by atoms with Gasteiger partial charge in [0.15, 0.2) is 5.11 Å². The summed E-state index contributed by atoms with van der Waals surface area (Å²) >= 11 is 7.34. The number of nitrogens with one attached hydrogen (secondary N) is 1. The molecule has 1 aliphatic rings. The Labute approximate surface area is 90.4 Å². The predicted octanol–water partition coefficient (Wildman–Crippen LogP) is 1.71. The Kier molecular flexibility index (Phi) is 4.88. The molecule has 76 valence electrons. The van der Waals surface area contributed by atoms with Crippen LogP contribution in [0.1, 0.15) is 20.3 Å². The van der Waals surface area contributed by atoms with Gasteiger partial charge in [0.2, 0.25) is 0 Å². The Hall–Kier alpha value is 0.0400. The molecule has 0 saturated carbocycles. The van der Waals surface area contributed by atoms with Crippen molar-refractivity contribution < 1.29 is 0 Å². The molecule has 1 aliphatic heterocycles. The molecule has 0 aromatic carbocycles. The number of thioether (sulfide) groups is 1. The van der Waals surface area contributed by atoms with Crippen LogP contribution in [0.5, 0.6) is 0 Å². The second-order valence-corrected chi connectivity index (χ2v) is 4.89. The van der Waals surface area contributed by atoms with Crippen LogP contribution >= 0.6 is 24.0 Å². The van der Waals surface area contributed by atoms with Crippen LogP contribution in [0.3, 0.4) is 0 Å². The van der Waals surface area contributed by atoms with E-state index in [2.05, 4.69) is 24.1 Å². The maximum absolute atomic E-state index is 5.32. The molecule has 0 radical (unpaired) electrons. The van der Waals surface area contributed by atoms with Gasteiger partial charge in [0.25, 0.3) is 0 Å². The van der Waals surface area contributed by atoms with Gasteiger partial charge in [0.1, 0.15) is 0 Å². The zero-order valence-electron chi connectivity index (χ0n) is 8.38. The Morgan fingerprint density at radius 1 is 1.69 bits per heavy atom. The molecular weight excluding hydrogens is 200 g/mol. The first-order valence-electron chi connectivity index (χ1n) is 4.88. The summed E-state index contributed by atoms with van der Waals surface area (Å²) in [6.45, 7) is 6.49. The summed E-state index contributed by atoms with van der Waals surface area (Å²) in [5.41, 5.74) is 0. The summed E-state index contributed by atoms with van der Waals surface area (Å²) in [7, 11) is 0. The Bertz CT molecular complexity index is 173. The zero-order chi connectivity index (χ0) is 9.68. The van der Waals surface area contributed by atoms with Crippen LogP contribution in [0.15, 0.2) is 0 Å². The molecule has 1 saturated heterocycles. The molecule has 0 bridgehead atoms. The van der Waals surface area contributed by atoms with Crippen molar-refractivity contribution in [2.75, 3.05) is 24.6 Å². The monoisotopic (exact) mass is 218 g/mol. The van der Waals surface area contributed by atoms with Crippen molar-refractivity contribution in [3.8, 4) is 0 Å². The molecular formula is C9H18N2S2.